The van der Waals surface area contributed by atoms with Crippen LogP contribution in [0.5, 0.6) is 0 Å². The lowest BCUT2D eigenvalue weighted by molar-refractivity contribution is -0.120. The van der Waals surface area contributed by atoms with Crippen molar-refractivity contribution in [2.45, 2.75) is 50.4 Å². The molecule has 0 radical (unpaired) electrons. The van der Waals surface area contributed by atoms with E-state index >= 15 is 0 Å². The SMILES string of the molecule is CCNC(=O)[C@@H](C)Sc1nnc(N2CCCCC2)n1-c1ccc(C)cc1. The van der Waals surface area contributed by atoms with Crippen molar-refractivity contribution in [1.82, 2.24) is 20.1 Å². The van der Waals surface area contributed by atoms with Crippen molar-refractivity contribution in [3.63, 3.8) is 0 Å². The van der Waals surface area contributed by atoms with Gasteiger partial charge in [-0.25, -0.2) is 0 Å². The highest BCUT2D eigenvalue weighted by atomic mass is 32.2. The fourth-order valence-corrected chi connectivity index (χ4v) is 3.97. The van der Waals surface area contributed by atoms with Gasteiger partial charge in [-0.1, -0.05) is 29.5 Å². The van der Waals surface area contributed by atoms with E-state index in [2.05, 4.69) is 56.2 Å². The lowest BCUT2D eigenvalue weighted by Crippen LogP contribution is -2.32. The molecular weight excluding hydrogens is 346 g/mol. The number of hydrogen-bond donors (Lipinski definition) is 1. The summed E-state index contributed by atoms with van der Waals surface area (Å²) in [6.45, 7) is 8.55. The molecule has 1 aliphatic heterocycles. The summed E-state index contributed by atoms with van der Waals surface area (Å²) in [5, 5.41) is 12.3. The first kappa shape index (κ1) is 18.8. The molecule has 0 spiro atoms. The van der Waals surface area contributed by atoms with Crippen LogP contribution in [0.15, 0.2) is 29.4 Å². The van der Waals surface area contributed by atoms with E-state index in [1.54, 1.807) is 0 Å². The molecular formula is C19H27N5OS. The first-order valence-electron chi connectivity index (χ1n) is 9.32. The van der Waals surface area contributed by atoms with Crippen LogP contribution in [0.4, 0.5) is 5.95 Å². The molecule has 6 nitrogen and oxygen atoms in total. The normalized spacial score (nSPS) is 15.7. The second-order valence-corrected chi connectivity index (χ2v) is 7.96. The summed E-state index contributed by atoms with van der Waals surface area (Å²) in [6.07, 6.45) is 3.63. The second kappa shape index (κ2) is 8.58. The Kier molecular flexibility index (Phi) is 6.19. The highest BCUT2D eigenvalue weighted by molar-refractivity contribution is 8.00. The summed E-state index contributed by atoms with van der Waals surface area (Å²) in [4.78, 5) is 14.5. The summed E-state index contributed by atoms with van der Waals surface area (Å²) in [5.41, 5.74) is 2.25. The topological polar surface area (TPSA) is 63.1 Å². The van der Waals surface area contributed by atoms with Crippen LogP contribution in [-0.2, 0) is 4.79 Å². The first-order valence-corrected chi connectivity index (χ1v) is 10.2. The van der Waals surface area contributed by atoms with Gasteiger partial charge in [-0.05, 0) is 52.2 Å². The summed E-state index contributed by atoms with van der Waals surface area (Å²) in [5.74, 6) is 0.898. The Morgan fingerprint density at radius 1 is 1.19 bits per heavy atom. The number of nitrogens with zero attached hydrogens (tertiary/aromatic N) is 4. The maximum absolute atomic E-state index is 12.1. The van der Waals surface area contributed by atoms with E-state index in [0.29, 0.717) is 6.54 Å². The minimum absolute atomic E-state index is 0.0236. The summed E-state index contributed by atoms with van der Waals surface area (Å²) >= 11 is 1.45. The number of aryl methyl sites for hydroxylation is 1. The number of aromatic nitrogens is 3. The van der Waals surface area contributed by atoms with Crippen molar-refractivity contribution in [3.05, 3.63) is 29.8 Å². The van der Waals surface area contributed by atoms with Gasteiger partial charge >= 0.3 is 0 Å². The molecule has 26 heavy (non-hydrogen) atoms. The molecule has 3 rings (SSSR count). The minimum atomic E-state index is -0.224. The average molecular weight is 374 g/mol. The van der Waals surface area contributed by atoms with E-state index in [0.717, 1.165) is 29.9 Å². The lowest BCUT2D eigenvalue weighted by atomic mass is 10.1. The molecule has 1 aromatic carbocycles. The molecule has 140 valence electrons. The van der Waals surface area contributed by atoms with Gasteiger partial charge in [0.2, 0.25) is 11.9 Å². The number of nitrogens with one attached hydrogen (secondary N) is 1. The predicted molar refractivity (Wildman–Crippen MR) is 106 cm³/mol. The Hall–Kier alpha value is -2.02. The number of carbonyl (C=O) groups excluding carboxylic acids is 1. The molecule has 0 aliphatic carbocycles. The van der Waals surface area contributed by atoms with Crippen LogP contribution in [0.25, 0.3) is 5.69 Å². The third-order valence-corrected chi connectivity index (χ3v) is 5.59. The van der Waals surface area contributed by atoms with Crippen LogP contribution >= 0.6 is 11.8 Å². The molecule has 1 aromatic heterocycles. The van der Waals surface area contributed by atoms with E-state index < -0.39 is 0 Å². The van der Waals surface area contributed by atoms with Crippen molar-refractivity contribution in [2.75, 3.05) is 24.5 Å². The number of amides is 1. The van der Waals surface area contributed by atoms with Gasteiger partial charge in [0, 0.05) is 19.6 Å². The summed E-state index contributed by atoms with van der Waals surface area (Å²) in [6, 6.07) is 8.37. The van der Waals surface area contributed by atoms with Crippen LogP contribution in [0, 0.1) is 6.92 Å². The second-order valence-electron chi connectivity index (χ2n) is 6.66. The molecule has 0 bridgehead atoms. The third-order valence-electron chi connectivity index (χ3n) is 4.55. The van der Waals surface area contributed by atoms with Crippen LogP contribution in [0.3, 0.4) is 0 Å². The van der Waals surface area contributed by atoms with Crippen LogP contribution in [0.1, 0.15) is 38.7 Å². The zero-order valence-electron chi connectivity index (χ0n) is 15.7. The van der Waals surface area contributed by atoms with Crippen LogP contribution in [-0.4, -0.2) is 45.6 Å². The molecule has 1 saturated heterocycles. The number of carbonyl (C=O) groups is 1. The van der Waals surface area contributed by atoms with Gasteiger partial charge in [0.25, 0.3) is 0 Å². The largest absolute Gasteiger partial charge is 0.355 e. The average Bonchev–Trinajstić information content (AvgIpc) is 3.07. The quantitative estimate of drug-likeness (QED) is 0.788. The maximum atomic E-state index is 12.1. The number of anilines is 1. The van der Waals surface area contributed by atoms with Gasteiger partial charge in [-0.3, -0.25) is 9.36 Å². The van der Waals surface area contributed by atoms with Gasteiger partial charge in [0.1, 0.15) is 0 Å². The van der Waals surface area contributed by atoms with Crippen molar-refractivity contribution in [2.24, 2.45) is 0 Å². The van der Waals surface area contributed by atoms with Gasteiger partial charge in [0.05, 0.1) is 10.9 Å². The fourth-order valence-electron chi connectivity index (χ4n) is 3.09. The Balaban J connectivity index is 1.94. The molecule has 1 amide bonds. The monoisotopic (exact) mass is 373 g/mol. The number of piperidine rings is 1. The first-order chi connectivity index (χ1) is 12.6. The third kappa shape index (κ3) is 4.20. The predicted octanol–water partition coefficient (Wildman–Crippen LogP) is 3.18. The van der Waals surface area contributed by atoms with Crippen molar-refractivity contribution in [3.8, 4) is 5.69 Å². The van der Waals surface area contributed by atoms with E-state index in [-0.39, 0.29) is 11.2 Å². The van der Waals surface area contributed by atoms with Gasteiger partial charge < -0.3 is 10.2 Å². The highest BCUT2D eigenvalue weighted by Crippen LogP contribution is 2.30. The van der Waals surface area contributed by atoms with Gasteiger partial charge in [-0.15, -0.1) is 10.2 Å². The molecule has 1 fully saturated rings. The van der Waals surface area contributed by atoms with E-state index in [4.69, 9.17) is 0 Å². The van der Waals surface area contributed by atoms with Crippen molar-refractivity contribution in [1.29, 1.82) is 0 Å². The molecule has 1 atom stereocenters. The number of hydrogen-bond acceptors (Lipinski definition) is 5. The molecule has 7 heteroatoms. The zero-order chi connectivity index (χ0) is 18.5. The number of rotatable bonds is 6. The van der Waals surface area contributed by atoms with Crippen molar-refractivity contribution >= 4 is 23.6 Å². The standard InChI is InChI=1S/C19H27N5OS/c1-4-20-17(25)15(3)26-19-22-21-18(23-12-6-5-7-13-23)24(19)16-10-8-14(2)9-11-16/h8-11,15H,4-7,12-13H2,1-3H3,(H,20,25)/t15-/m1/s1. The van der Waals surface area contributed by atoms with Crippen LogP contribution < -0.4 is 10.2 Å². The van der Waals surface area contributed by atoms with Gasteiger partial charge in [-0.2, -0.15) is 0 Å². The Morgan fingerprint density at radius 3 is 2.54 bits per heavy atom. The molecule has 0 unspecified atom stereocenters. The highest BCUT2D eigenvalue weighted by Gasteiger charge is 2.24. The maximum Gasteiger partial charge on any atom is 0.233 e. The Bertz CT molecular complexity index is 737. The molecule has 0 saturated carbocycles. The zero-order valence-corrected chi connectivity index (χ0v) is 16.6. The molecule has 1 aliphatic rings. The van der Waals surface area contributed by atoms with Crippen LogP contribution in [0.2, 0.25) is 0 Å². The number of thioether (sulfide) groups is 1. The smallest absolute Gasteiger partial charge is 0.233 e. The van der Waals surface area contributed by atoms with Crippen molar-refractivity contribution < 1.29 is 4.79 Å². The van der Waals surface area contributed by atoms with Gasteiger partial charge in [0.15, 0.2) is 5.16 Å². The lowest BCUT2D eigenvalue weighted by Gasteiger charge is -2.28. The summed E-state index contributed by atoms with van der Waals surface area (Å²) in [7, 11) is 0. The van der Waals surface area contributed by atoms with E-state index in [1.165, 1.54) is 36.6 Å². The molecule has 1 N–H and O–H groups in total. The Labute approximate surface area is 159 Å². The number of benzene rings is 1. The molecule has 2 heterocycles. The van der Waals surface area contributed by atoms with E-state index in [9.17, 15) is 4.79 Å². The summed E-state index contributed by atoms with van der Waals surface area (Å²) < 4.78 is 2.09. The Morgan fingerprint density at radius 2 is 1.88 bits per heavy atom. The minimum Gasteiger partial charge on any atom is -0.355 e. The van der Waals surface area contributed by atoms with E-state index in [1.807, 2.05) is 13.8 Å². The fraction of sp³-hybridized carbons (Fsp3) is 0.526. The molecule has 2 aromatic rings.